The van der Waals surface area contributed by atoms with Crippen molar-refractivity contribution in [1.29, 1.82) is 0 Å². The first-order chi connectivity index (χ1) is 6.69. The molecule has 0 saturated carbocycles. The molecule has 0 aliphatic carbocycles. The van der Waals surface area contributed by atoms with Gasteiger partial charge in [0.2, 0.25) is 0 Å². The molecule has 14 heavy (non-hydrogen) atoms. The number of ether oxygens (including phenoxy) is 1. The first-order valence-corrected chi connectivity index (χ1v) is 4.09. The van der Waals surface area contributed by atoms with E-state index in [1.54, 1.807) is 24.3 Å². The third-order valence-electron chi connectivity index (χ3n) is 1.87. The second-order valence-corrected chi connectivity index (χ2v) is 2.76. The van der Waals surface area contributed by atoms with E-state index in [1.807, 2.05) is 0 Å². The molecule has 1 aromatic carbocycles. The van der Waals surface area contributed by atoms with Crippen LogP contribution in [0.4, 0.5) is 0 Å². The van der Waals surface area contributed by atoms with Gasteiger partial charge in [-0.25, -0.2) is 4.79 Å². The number of carbonyl (C=O) groups is 1. The van der Waals surface area contributed by atoms with E-state index in [0.29, 0.717) is 5.56 Å². The molecule has 0 bridgehead atoms. The van der Waals surface area contributed by atoms with Gasteiger partial charge in [-0.2, -0.15) is 0 Å². The lowest BCUT2D eigenvalue weighted by molar-refractivity contribution is 0.0600. The van der Waals surface area contributed by atoms with Gasteiger partial charge >= 0.3 is 5.97 Å². The molecule has 1 rings (SSSR count). The number of methoxy groups -OCH3 is 1. The van der Waals surface area contributed by atoms with Gasteiger partial charge in [-0.15, -0.1) is 6.42 Å². The van der Waals surface area contributed by atoms with Gasteiger partial charge in [0.25, 0.3) is 0 Å². The van der Waals surface area contributed by atoms with E-state index in [1.165, 1.54) is 7.11 Å². The van der Waals surface area contributed by atoms with Crippen molar-refractivity contribution in [2.75, 3.05) is 7.11 Å². The Morgan fingerprint density at radius 2 is 2.07 bits per heavy atom. The minimum Gasteiger partial charge on any atom is -0.465 e. The SMILES string of the molecule is C#C[C@@H](N)c1ccc(C(=O)OC)cc1. The fraction of sp³-hybridized carbons (Fsp3) is 0.182. The highest BCUT2D eigenvalue weighted by Crippen LogP contribution is 2.11. The Morgan fingerprint density at radius 3 is 2.50 bits per heavy atom. The van der Waals surface area contributed by atoms with E-state index in [2.05, 4.69) is 10.7 Å². The second kappa shape index (κ2) is 4.45. The Balaban J connectivity index is 2.90. The number of nitrogens with two attached hydrogens (primary N) is 1. The number of benzene rings is 1. The zero-order valence-corrected chi connectivity index (χ0v) is 7.86. The predicted molar refractivity (Wildman–Crippen MR) is 53.5 cm³/mol. The summed E-state index contributed by atoms with van der Waals surface area (Å²) in [7, 11) is 1.34. The van der Waals surface area contributed by atoms with Crippen molar-refractivity contribution in [2.24, 2.45) is 5.73 Å². The van der Waals surface area contributed by atoms with E-state index >= 15 is 0 Å². The van der Waals surface area contributed by atoms with E-state index in [9.17, 15) is 4.79 Å². The average Bonchev–Trinajstić information content (AvgIpc) is 2.27. The molecule has 0 amide bonds. The van der Waals surface area contributed by atoms with Crippen molar-refractivity contribution in [3.05, 3.63) is 35.4 Å². The molecule has 0 fully saturated rings. The summed E-state index contributed by atoms with van der Waals surface area (Å²) in [4.78, 5) is 11.1. The maximum absolute atomic E-state index is 11.1. The molecule has 3 heteroatoms. The van der Waals surface area contributed by atoms with Crippen LogP contribution in [0.2, 0.25) is 0 Å². The monoisotopic (exact) mass is 189 g/mol. The summed E-state index contributed by atoms with van der Waals surface area (Å²) in [5, 5.41) is 0. The lowest BCUT2D eigenvalue weighted by atomic mass is 10.1. The quantitative estimate of drug-likeness (QED) is 0.560. The number of hydrogen-bond acceptors (Lipinski definition) is 3. The molecule has 0 saturated heterocycles. The van der Waals surface area contributed by atoms with Gasteiger partial charge < -0.3 is 10.5 Å². The highest BCUT2D eigenvalue weighted by Gasteiger charge is 2.06. The first-order valence-electron chi connectivity index (χ1n) is 4.09. The van der Waals surface area contributed by atoms with Crippen LogP contribution in [0.5, 0.6) is 0 Å². The van der Waals surface area contributed by atoms with Gasteiger partial charge in [-0.05, 0) is 17.7 Å². The first kappa shape index (κ1) is 10.3. The van der Waals surface area contributed by atoms with Gasteiger partial charge in [-0.1, -0.05) is 18.1 Å². The van der Waals surface area contributed by atoms with Crippen LogP contribution in [0.15, 0.2) is 24.3 Å². The van der Waals surface area contributed by atoms with E-state index in [-0.39, 0.29) is 5.97 Å². The van der Waals surface area contributed by atoms with Gasteiger partial charge in [0.1, 0.15) is 0 Å². The van der Waals surface area contributed by atoms with Crippen molar-refractivity contribution in [2.45, 2.75) is 6.04 Å². The Labute approximate surface area is 82.9 Å². The van der Waals surface area contributed by atoms with Gasteiger partial charge in [0.05, 0.1) is 18.7 Å². The molecule has 0 radical (unpaired) electrons. The molecule has 1 atom stereocenters. The molecule has 1 aromatic rings. The van der Waals surface area contributed by atoms with Crippen LogP contribution in [-0.2, 0) is 4.74 Å². The van der Waals surface area contributed by atoms with Crippen LogP contribution in [0.1, 0.15) is 22.0 Å². The van der Waals surface area contributed by atoms with Crippen molar-refractivity contribution in [3.63, 3.8) is 0 Å². The molecule has 0 spiro atoms. The van der Waals surface area contributed by atoms with Crippen molar-refractivity contribution < 1.29 is 9.53 Å². The summed E-state index contributed by atoms with van der Waals surface area (Å²) in [5.41, 5.74) is 6.89. The minimum atomic E-state index is -0.429. The standard InChI is InChI=1S/C11H11NO2/c1-3-10(12)8-4-6-9(7-5-8)11(13)14-2/h1,4-7,10H,12H2,2H3/t10-/m1/s1. The number of esters is 1. The Kier molecular flexibility index (Phi) is 3.27. The summed E-state index contributed by atoms with van der Waals surface area (Å²) < 4.78 is 4.55. The molecule has 0 heterocycles. The van der Waals surface area contributed by atoms with Crippen LogP contribution < -0.4 is 5.73 Å². The van der Waals surface area contributed by atoms with Crippen LogP contribution in [0.25, 0.3) is 0 Å². The minimum absolute atomic E-state index is 0.370. The smallest absolute Gasteiger partial charge is 0.337 e. The summed E-state index contributed by atoms with van der Waals surface area (Å²) in [6, 6.07) is 6.28. The number of terminal acetylenes is 1. The zero-order valence-electron chi connectivity index (χ0n) is 7.86. The normalized spacial score (nSPS) is 11.5. The number of hydrogen-bond donors (Lipinski definition) is 1. The number of carbonyl (C=O) groups excluding carboxylic acids is 1. The molecule has 0 aliphatic rings. The Morgan fingerprint density at radius 1 is 1.50 bits per heavy atom. The molecule has 0 aliphatic heterocycles. The lowest BCUT2D eigenvalue weighted by Crippen LogP contribution is -2.08. The highest BCUT2D eigenvalue weighted by molar-refractivity contribution is 5.89. The average molecular weight is 189 g/mol. The predicted octanol–water partition coefficient (Wildman–Crippen LogP) is 1.11. The molecule has 72 valence electrons. The van der Waals surface area contributed by atoms with Gasteiger partial charge in [0.15, 0.2) is 0 Å². The van der Waals surface area contributed by atoms with Crippen LogP contribution in [0, 0.1) is 12.3 Å². The summed E-state index contributed by atoms with van der Waals surface area (Å²) >= 11 is 0. The maximum atomic E-state index is 11.1. The molecule has 2 N–H and O–H groups in total. The van der Waals surface area contributed by atoms with Gasteiger partial charge in [-0.3, -0.25) is 0 Å². The summed E-state index contributed by atoms with van der Waals surface area (Å²) in [6.07, 6.45) is 5.16. The summed E-state index contributed by atoms with van der Waals surface area (Å²) in [6.45, 7) is 0. The van der Waals surface area contributed by atoms with Crippen LogP contribution in [0.3, 0.4) is 0 Å². The maximum Gasteiger partial charge on any atom is 0.337 e. The second-order valence-electron chi connectivity index (χ2n) is 2.76. The third-order valence-corrected chi connectivity index (χ3v) is 1.87. The van der Waals surface area contributed by atoms with E-state index < -0.39 is 6.04 Å². The largest absolute Gasteiger partial charge is 0.465 e. The lowest BCUT2D eigenvalue weighted by Gasteiger charge is -2.05. The van der Waals surface area contributed by atoms with Crippen LogP contribution >= 0.6 is 0 Å². The highest BCUT2D eigenvalue weighted by atomic mass is 16.5. The Hall–Kier alpha value is -1.79. The topological polar surface area (TPSA) is 52.3 Å². The molecule has 3 nitrogen and oxygen atoms in total. The fourth-order valence-electron chi connectivity index (χ4n) is 1.04. The molecule has 0 unspecified atom stereocenters. The Bertz CT molecular complexity index is 362. The fourth-order valence-corrected chi connectivity index (χ4v) is 1.04. The molecular weight excluding hydrogens is 178 g/mol. The third kappa shape index (κ3) is 2.12. The van der Waals surface area contributed by atoms with Crippen molar-refractivity contribution in [3.8, 4) is 12.3 Å². The molecular formula is C11H11NO2. The van der Waals surface area contributed by atoms with Gasteiger partial charge in [0, 0.05) is 0 Å². The van der Waals surface area contributed by atoms with Crippen molar-refractivity contribution >= 4 is 5.97 Å². The van der Waals surface area contributed by atoms with Crippen LogP contribution in [-0.4, -0.2) is 13.1 Å². The molecule has 0 aromatic heterocycles. The van der Waals surface area contributed by atoms with E-state index in [0.717, 1.165) is 5.56 Å². The van der Waals surface area contributed by atoms with E-state index in [4.69, 9.17) is 12.2 Å². The number of rotatable bonds is 2. The zero-order chi connectivity index (χ0) is 10.6. The van der Waals surface area contributed by atoms with Crippen molar-refractivity contribution in [1.82, 2.24) is 0 Å². The summed E-state index contributed by atoms with van der Waals surface area (Å²) in [5.74, 6) is 2.04.